The first kappa shape index (κ1) is 23.3. The summed E-state index contributed by atoms with van der Waals surface area (Å²) >= 11 is 0. The van der Waals surface area contributed by atoms with Gasteiger partial charge in [-0.2, -0.15) is 5.10 Å². The zero-order valence-corrected chi connectivity index (χ0v) is 19.1. The molecule has 2 fully saturated rings. The molecule has 3 heterocycles. The summed E-state index contributed by atoms with van der Waals surface area (Å²) < 4.78 is 8.14. The SMILES string of the molecule is O=C1CC(c2cccc(OCCN3CCCCC3)c2)c2cnn(C3CCCC3)c2N1.O=CO. The van der Waals surface area contributed by atoms with Crippen molar-refractivity contribution in [3.05, 3.63) is 41.6 Å². The molecule has 8 heteroatoms. The summed E-state index contributed by atoms with van der Waals surface area (Å²) in [6.45, 7) is 3.82. The number of carbonyl (C=O) groups excluding carboxylic acids is 1. The number of ether oxygens (including phenoxy) is 1. The van der Waals surface area contributed by atoms with E-state index >= 15 is 0 Å². The second-order valence-corrected chi connectivity index (χ2v) is 9.06. The molecule has 2 N–H and O–H groups in total. The molecule has 2 aromatic rings. The molecular weight excluding hydrogens is 420 g/mol. The molecule has 1 saturated carbocycles. The smallest absolute Gasteiger partial charge is 0.290 e. The van der Waals surface area contributed by atoms with Crippen molar-refractivity contribution in [3.63, 3.8) is 0 Å². The van der Waals surface area contributed by atoms with Gasteiger partial charge in [-0.1, -0.05) is 31.4 Å². The highest BCUT2D eigenvalue weighted by atomic mass is 16.5. The van der Waals surface area contributed by atoms with Gasteiger partial charge in [0.25, 0.3) is 6.47 Å². The van der Waals surface area contributed by atoms with Crippen LogP contribution in [0.4, 0.5) is 5.82 Å². The Bertz CT molecular complexity index is 932. The van der Waals surface area contributed by atoms with Gasteiger partial charge >= 0.3 is 0 Å². The first-order valence-electron chi connectivity index (χ1n) is 12.1. The number of piperidine rings is 1. The molecule has 0 radical (unpaired) electrons. The van der Waals surface area contributed by atoms with Crippen LogP contribution in [0.25, 0.3) is 0 Å². The standard InChI is InChI=1S/C24H32N4O2.CH2O2/c29-23-16-21(22-17-25-28(24(22)26-23)19-8-2-3-9-19)18-7-6-10-20(15-18)30-14-13-27-11-4-1-5-12-27;2-1-3/h6-7,10,15,17,19,21H,1-5,8-9,11-14,16H2,(H,26,29);1H,(H,2,3). The van der Waals surface area contributed by atoms with Gasteiger partial charge < -0.3 is 15.2 Å². The van der Waals surface area contributed by atoms with E-state index in [1.54, 1.807) is 0 Å². The van der Waals surface area contributed by atoms with Gasteiger partial charge in [-0.25, -0.2) is 4.68 Å². The van der Waals surface area contributed by atoms with E-state index in [1.165, 1.54) is 45.2 Å². The molecule has 3 aliphatic rings. The molecule has 178 valence electrons. The van der Waals surface area contributed by atoms with Crippen LogP contribution in [0.1, 0.15) is 74.5 Å². The topological polar surface area (TPSA) is 96.7 Å². The number of benzene rings is 1. The second-order valence-electron chi connectivity index (χ2n) is 9.06. The molecule has 1 unspecified atom stereocenters. The van der Waals surface area contributed by atoms with Gasteiger partial charge in [-0.3, -0.25) is 14.5 Å². The number of fused-ring (bicyclic) bond motifs is 1. The molecule has 0 spiro atoms. The monoisotopic (exact) mass is 454 g/mol. The van der Waals surface area contributed by atoms with Gasteiger partial charge in [0.2, 0.25) is 5.91 Å². The Kier molecular flexibility index (Phi) is 7.99. The van der Waals surface area contributed by atoms with Gasteiger partial charge in [-0.05, 0) is 56.5 Å². The third-order valence-electron chi connectivity index (χ3n) is 6.90. The quantitative estimate of drug-likeness (QED) is 0.640. The summed E-state index contributed by atoms with van der Waals surface area (Å²) in [6.07, 6.45) is 11.2. The van der Waals surface area contributed by atoms with Crippen LogP contribution in [-0.2, 0) is 9.59 Å². The zero-order chi connectivity index (χ0) is 23.0. The fourth-order valence-electron chi connectivity index (χ4n) is 5.26. The molecule has 1 aliphatic carbocycles. The normalized spacial score (nSPS) is 21.0. The minimum atomic E-state index is -0.250. The van der Waals surface area contributed by atoms with E-state index in [4.69, 9.17) is 14.6 Å². The minimum absolute atomic E-state index is 0.0366. The Balaban J connectivity index is 0.000000821. The average molecular weight is 455 g/mol. The molecule has 0 bridgehead atoms. The van der Waals surface area contributed by atoms with Crippen LogP contribution < -0.4 is 10.1 Å². The van der Waals surface area contributed by atoms with Gasteiger partial charge in [0.1, 0.15) is 18.2 Å². The highest BCUT2D eigenvalue weighted by Crippen LogP contribution is 2.41. The van der Waals surface area contributed by atoms with Crippen molar-refractivity contribution in [3.8, 4) is 5.75 Å². The van der Waals surface area contributed by atoms with Crippen molar-refractivity contribution in [2.24, 2.45) is 0 Å². The van der Waals surface area contributed by atoms with E-state index < -0.39 is 0 Å². The fourth-order valence-corrected chi connectivity index (χ4v) is 5.26. The molecule has 8 nitrogen and oxygen atoms in total. The van der Waals surface area contributed by atoms with Crippen molar-refractivity contribution in [2.45, 2.75) is 63.3 Å². The highest BCUT2D eigenvalue weighted by Gasteiger charge is 2.32. The zero-order valence-electron chi connectivity index (χ0n) is 19.1. The van der Waals surface area contributed by atoms with E-state index in [9.17, 15) is 4.79 Å². The summed E-state index contributed by atoms with van der Waals surface area (Å²) in [7, 11) is 0. The largest absolute Gasteiger partial charge is 0.492 e. The van der Waals surface area contributed by atoms with Gasteiger partial charge in [0.05, 0.1) is 12.2 Å². The number of nitrogens with zero attached hydrogens (tertiary/aromatic N) is 3. The molecule has 1 saturated heterocycles. The molecule has 1 atom stereocenters. The lowest BCUT2D eigenvalue weighted by atomic mass is 9.87. The van der Waals surface area contributed by atoms with Crippen molar-refractivity contribution in [1.29, 1.82) is 0 Å². The number of hydrogen-bond donors (Lipinski definition) is 2. The Morgan fingerprint density at radius 3 is 2.67 bits per heavy atom. The van der Waals surface area contributed by atoms with Crippen LogP contribution in [0.5, 0.6) is 5.75 Å². The van der Waals surface area contributed by atoms with E-state index in [1.807, 2.05) is 18.3 Å². The number of carbonyl (C=O) groups is 2. The maximum Gasteiger partial charge on any atom is 0.290 e. The molecule has 1 aromatic heterocycles. The van der Waals surface area contributed by atoms with Crippen molar-refractivity contribution < 1.29 is 19.4 Å². The van der Waals surface area contributed by atoms with Crippen LogP contribution in [0.15, 0.2) is 30.5 Å². The van der Waals surface area contributed by atoms with Gasteiger partial charge in [-0.15, -0.1) is 0 Å². The number of anilines is 1. The molecule has 33 heavy (non-hydrogen) atoms. The van der Waals surface area contributed by atoms with Crippen molar-refractivity contribution >= 4 is 18.2 Å². The van der Waals surface area contributed by atoms with Crippen LogP contribution in [0.3, 0.4) is 0 Å². The minimum Gasteiger partial charge on any atom is -0.492 e. The lowest BCUT2D eigenvalue weighted by Gasteiger charge is -2.26. The lowest BCUT2D eigenvalue weighted by Crippen LogP contribution is -2.33. The number of hydrogen-bond acceptors (Lipinski definition) is 5. The maximum absolute atomic E-state index is 12.5. The molecule has 5 rings (SSSR count). The average Bonchev–Trinajstić information content (AvgIpc) is 3.50. The summed E-state index contributed by atoms with van der Waals surface area (Å²) in [5.74, 6) is 1.90. The number of rotatable bonds is 6. The fraction of sp³-hybridized carbons (Fsp3) is 0.560. The predicted molar refractivity (Wildman–Crippen MR) is 126 cm³/mol. The van der Waals surface area contributed by atoms with Gasteiger partial charge in [0, 0.05) is 24.4 Å². The van der Waals surface area contributed by atoms with E-state index in [0.717, 1.165) is 42.1 Å². The summed E-state index contributed by atoms with van der Waals surface area (Å²) in [6, 6.07) is 8.69. The van der Waals surface area contributed by atoms with Crippen LogP contribution >= 0.6 is 0 Å². The Morgan fingerprint density at radius 1 is 1.15 bits per heavy atom. The van der Waals surface area contributed by atoms with E-state index in [-0.39, 0.29) is 18.3 Å². The van der Waals surface area contributed by atoms with Crippen molar-refractivity contribution in [1.82, 2.24) is 14.7 Å². The summed E-state index contributed by atoms with van der Waals surface area (Å²) in [4.78, 5) is 23.4. The number of amides is 1. The van der Waals surface area contributed by atoms with E-state index in [2.05, 4.69) is 32.1 Å². The third kappa shape index (κ3) is 5.74. The number of nitrogens with one attached hydrogen (secondary N) is 1. The molecule has 1 amide bonds. The predicted octanol–water partition coefficient (Wildman–Crippen LogP) is 4.04. The van der Waals surface area contributed by atoms with Crippen LogP contribution in [0.2, 0.25) is 0 Å². The summed E-state index contributed by atoms with van der Waals surface area (Å²) in [5.41, 5.74) is 2.26. The first-order valence-corrected chi connectivity index (χ1v) is 12.1. The van der Waals surface area contributed by atoms with Gasteiger partial charge in [0.15, 0.2) is 0 Å². The Labute approximate surface area is 194 Å². The first-order chi connectivity index (χ1) is 16.2. The number of aromatic nitrogens is 2. The number of carboxylic acid groups (broad SMARTS) is 1. The Hall–Kier alpha value is -2.87. The second kappa shape index (κ2) is 11.3. The number of likely N-dealkylation sites (tertiary alicyclic amines) is 1. The summed E-state index contributed by atoms with van der Waals surface area (Å²) in [5, 5.41) is 14.7. The molecule has 1 aromatic carbocycles. The van der Waals surface area contributed by atoms with Crippen molar-refractivity contribution in [2.75, 3.05) is 31.6 Å². The van der Waals surface area contributed by atoms with Crippen LogP contribution in [0, 0.1) is 0 Å². The molecular formula is C25H34N4O4. The van der Waals surface area contributed by atoms with Crippen LogP contribution in [-0.4, -0.2) is 58.4 Å². The Morgan fingerprint density at radius 2 is 1.91 bits per heavy atom. The van der Waals surface area contributed by atoms with E-state index in [0.29, 0.717) is 19.1 Å². The maximum atomic E-state index is 12.5. The third-order valence-corrected chi connectivity index (χ3v) is 6.90. The lowest BCUT2D eigenvalue weighted by molar-refractivity contribution is -0.123. The highest BCUT2D eigenvalue weighted by molar-refractivity contribution is 5.94. The molecule has 2 aliphatic heterocycles.